The molecule has 8 heteroatoms. The van der Waals surface area contributed by atoms with E-state index >= 15 is 0 Å². The molecular weight excluding hydrogens is 400 g/mol. The number of amides is 1. The van der Waals surface area contributed by atoms with Crippen LogP contribution in [0.4, 0.5) is 4.79 Å². The summed E-state index contributed by atoms with van der Waals surface area (Å²) in [6.07, 6.45) is 4.33. The maximum absolute atomic E-state index is 13.2. The number of esters is 1. The van der Waals surface area contributed by atoms with Crippen molar-refractivity contribution in [3.8, 4) is 0 Å². The Bertz CT molecular complexity index is 914. The molecule has 31 heavy (non-hydrogen) atoms. The average Bonchev–Trinajstić information content (AvgIpc) is 3.24. The first kappa shape index (κ1) is 24.0. The van der Waals surface area contributed by atoms with E-state index in [-0.39, 0.29) is 17.8 Å². The molecule has 1 heterocycles. The van der Waals surface area contributed by atoms with Crippen molar-refractivity contribution in [2.45, 2.75) is 50.8 Å². The Hall–Kier alpha value is -3.29. The molecule has 0 saturated carbocycles. The van der Waals surface area contributed by atoms with Crippen LogP contribution in [0.1, 0.15) is 50.0 Å². The molecule has 2 atom stereocenters. The van der Waals surface area contributed by atoms with Gasteiger partial charge in [-0.05, 0) is 50.6 Å². The van der Waals surface area contributed by atoms with Crippen molar-refractivity contribution in [3.63, 3.8) is 0 Å². The Morgan fingerprint density at radius 3 is 2.19 bits per heavy atom. The predicted molar refractivity (Wildman–Crippen MR) is 115 cm³/mol. The molecule has 1 aliphatic heterocycles. The number of benzene rings is 1. The van der Waals surface area contributed by atoms with Gasteiger partial charge in [-0.1, -0.05) is 19.1 Å². The molecule has 0 aliphatic carbocycles. The SMILES string of the molecule is CCC(=O)C1(C(C=O)(c2ccc(C(=O)OC)cc2)N(C)C(=O)OC(C)(C)C)C=CC=N1. The number of methoxy groups -OCH3 is 1. The quantitative estimate of drug-likeness (QED) is 0.488. The molecule has 0 radical (unpaired) electrons. The Morgan fingerprint density at radius 1 is 1.16 bits per heavy atom. The van der Waals surface area contributed by atoms with E-state index in [2.05, 4.69) is 4.99 Å². The number of carbonyl (C=O) groups is 4. The summed E-state index contributed by atoms with van der Waals surface area (Å²) in [5.41, 5.74) is -3.80. The van der Waals surface area contributed by atoms with E-state index < -0.39 is 28.7 Å². The Kier molecular flexibility index (Phi) is 6.83. The maximum atomic E-state index is 13.2. The first-order valence-electron chi connectivity index (χ1n) is 9.87. The van der Waals surface area contributed by atoms with Gasteiger partial charge >= 0.3 is 12.1 Å². The zero-order valence-corrected chi connectivity index (χ0v) is 18.7. The zero-order chi connectivity index (χ0) is 23.4. The minimum atomic E-state index is -1.85. The number of aldehydes is 1. The summed E-state index contributed by atoms with van der Waals surface area (Å²) in [5, 5.41) is 0. The monoisotopic (exact) mass is 428 g/mol. The summed E-state index contributed by atoms with van der Waals surface area (Å²) in [7, 11) is 2.65. The molecule has 0 aromatic heterocycles. The van der Waals surface area contributed by atoms with Crippen molar-refractivity contribution in [2.75, 3.05) is 14.2 Å². The Labute approximate surface area is 181 Å². The second-order valence-corrected chi connectivity index (χ2v) is 8.17. The first-order valence-corrected chi connectivity index (χ1v) is 9.87. The van der Waals surface area contributed by atoms with Gasteiger partial charge in [0.1, 0.15) is 5.60 Å². The Morgan fingerprint density at radius 2 is 1.77 bits per heavy atom. The molecular formula is C23H28N2O6. The van der Waals surface area contributed by atoms with Gasteiger partial charge < -0.3 is 14.3 Å². The van der Waals surface area contributed by atoms with E-state index in [1.807, 2.05) is 0 Å². The summed E-state index contributed by atoms with van der Waals surface area (Å²) >= 11 is 0. The molecule has 1 aliphatic rings. The largest absolute Gasteiger partial charge is 0.465 e. The summed E-state index contributed by atoms with van der Waals surface area (Å²) in [6, 6.07) is 5.95. The van der Waals surface area contributed by atoms with Crippen LogP contribution < -0.4 is 0 Å². The fourth-order valence-corrected chi connectivity index (χ4v) is 3.62. The highest BCUT2D eigenvalue weighted by Crippen LogP contribution is 2.44. The lowest BCUT2D eigenvalue weighted by Crippen LogP contribution is -2.65. The maximum Gasteiger partial charge on any atom is 0.411 e. The highest BCUT2D eigenvalue weighted by molar-refractivity contribution is 6.02. The molecule has 0 bridgehead atoms. The fraction of sp³-hybridized carbons (Fsp3) is 0.435. The molecule has 1 aromatic carbocycles. The molecule has 0 N–H and O–H groups in total. The topological polar surface area (TPSA) is 102 Å². The third-order valence-electron chi connectivity index (χ3n) is 5.14. The van der Waals surface area contributed by atoms with E-state index in [1.165, 1.54) is 50.7 Å². The number of hydrogen-bond acceptors (Lipinski definition) is 7. The minimum Gasteiger partial charge on any atom is -0.465 e. The van der Waals surface area contributed by atoms with Gasteiger partial charge in [-0.25, -0.2) is 9.59 Å². The summed E-state index contributed by atoms with van der Waals surface area (Å²) in [4.78, 5) is 56.4. The van der Waals surface area contributed by atoms with E-state index in [4.69, 9.17) is 9.47 Å². The van der Waals surface area contributed by atoms with Gasteiger partial charge in [-0.3, -0.25) is 14.7 Å². The molecule has 1 aromatic rings. The van der Waals surface area contributed by atoms with Crippen molar-refractivity contribution in [2.24, 2.45) is 4.99 Å². The number of nitrogens with zero attached hydrogens (tertiary/aromatic N) is 2. The second kappa shape index (κ2) is 8.83. The van der Waals surface area contributed by atoms with Crippen molar-refractivity contribution in [1.29, 1.82) is 0 Å². The van der Waals surface area contributed by atoms with Crippen LogP contribution in [0.15, 0.2) is 41.4 Å². The normalized spacial score (nSPS) is 19.4. The van der Waals surface area contributed by atoms with Crippen LogP contribution in [0.3, 0.4) is 0 Å². The predicted octanol–water partition coefficient (Wildman–Crippen LogP) is 3.09. The first-order chi connectivity index (χ1) is 14.5. The highest BCUT2D eigenvalue weighted by atomic mass is 16.6. The standard InChI is InChI=1S/C23H28N2O6/c1-7-18(27)22(13-8-14-24-22)23(15-26,25(5)20(29)31-21(2,3)4)17-11-9-16(10-12-17)19(28)30-6/h8-15H,7H2,1-6H3. The van der Waals surface area contributed by atoms with E-state index in [1.54, 1.807) is 33.8 Å². The molecule has 166 valence electrons. The lowest BCUT2D eigenvalue weighted by Gasteiger charge is -2.46. The van der Waals surface area contributed by atoms with Gasteiger partial charge in [0.05, 0.1) is 12.7 Å². The van der Waals surface area contributed by atoms with Crippen LogP contribution in [-0.2, 0) is 24.6 Å². The van der Waals surface area contributed by atoms with E-state index in [0.29, 0.717) is 11.8 Å². The molecule has 1 amide bonds. The van der Waals surface area contributed by atoms with Crippen LogP contribution in [-0.4, -0.2) is 60.5 Å². The van der Waals surface area contributed by atoms with Crippen LogP contribution in [0, 0.1) is 0 Å². The summed E-state index contributed by atoms with van der Waals surface area (Å²) in [5.74, 6) is -0.904. The number of rotatable bonds is 7. The van der Waals surface area contributed by atoms with E-state index in [9.17, 15) is 19.2 Å². The Balaban J connectivity index is 2.77. The zero-order valence-electron chi connectivity index (χ0n) is 18.7. The number of aliphatic imine (C=N–C) groups is 1. The van der Waals surface area contributed by atoms with Gasteiger partial charge in [0.2, 0.25) is 0 Å². The number of allylic oxidation sites excluding steroid dienone is 1. The third kappa shape index (κ3) is 4.15. The molecule has 8 nitrogen and oxygen atoms in total. The van der Waals surface area contributed by atoms with Gasteiger partial charge in [0.25, 0.3) is 0 Å². The lowest BCUT2D eigenvalue weighted by atomic mass is 9.69. The lowest BCUT2D eigenvalue weighted by molar-refractivity contribution is -0.134. The third-order valence-corrected chi connectivity index (χ3v) is 5.14. The van der Waals surface area contributed by atoms with Gasteiger partial charge in [-0.2, -0.15) is 0 Å². The van der Waals surface area contributed by atoms with Crippen molar-refractivity contribution in [3.05, 3.63) is 47.5 Å². The number of hydrogen-bond donors (Lipinski definition) is 0. The second-order valence-electron chi connectivity index (χ2n) is 8.17. The van der Waals surface area contributed by atoms with Gasteiger partial charge in [0, 0.05) is 19.7 Å². The smallest absolute Gasteiger partial charge is 0.411 e. The van der Waals surface area contributed by atoms with Crippen LogP contribution >= 0.6 is 0 Å². The molecule has 0 saturated heterocycles. The summed E-state index contributed by atoms with van der Waals surface area (Å²) in [6.45, 7) is 6.77. The van der Waals surface area contributed by atoms with Crippen molar-refractivity contribution < 1.29 is 28.7 Å². The molecule has 2 rings (SSSR count). The minimum absolute atomic E-state index is 0.0830. The van der Waals surface area contributed by atoms with Crippen LogP contribution in [0.5, 0.6) is 0 Å². The fourth-order valence-electron chi connectivity index (χ4n) is 3.62. The number of ether oxygens (including phenoxy) is 2. The number of likely N-dealkylation sites (N-methyl/N-ethyl adjacent to an activating group) is 1. The van der Waals surface area contributed by atoms with Crippen LogP contribution in [0.25, 0.3) is 0 Å². The van der Waals surface area contributed by atoms with Crippen molar-refractivity contribution in [1.82, 2.24) is 4.90 Å². The van der Waals surface area contributed by atoms with E-state index in [0.717, 1.165) is 4.90 Å². The highest BCUT2D eigenvalue weighted by Gasteiger charge is 2.60. The van der Waals surface area contributed by atoms with Gasteiger partial charge in [0.15, 0.2) is 23.1 Å². The average molecular weight is 428 g/mol. The number of carbonyl (C=O) groups excluding carboxylic acids is 4. The number of Topliss-reactive ketones (excluding diaryl/α,β-unsaturated/α-hetero) is 1. The number of ketones is 1. The molecule has 2 unspecified atom stereocenters. The van der Waals surface area contributed by atoms with Crippen LogP contribution in [0.2, 0.25) is 0 Å². The summed E-state index contributed by atoms with van der Waals surface area (Å²) < 4.78 is 10.2. The van der Waals surface area contributed by atoms with Gasteiger partial charge in [-0.15, -0.1) is 0 Å². The molecule has 0 fully saturated rings. The van der Waals surface area contributed by atoms with Crippen molar-refractivity contribution >= 4 is 30.3 Å². The molecule has 0 spiro atoms.